The van der Waals surface area contributed by atoms with Gasteiger partial charge in [-0.1, -0.05) is 18.2 Å². The summed E-state index contributed by atoms with van der Waals surface area (Å²) in [5, 5.41) is 3.09. The van der Waals surface area contributed by atoms with Gasteiger partial charge in [0.1, 0.15) is 0 Å². The fourth-order valence-electron chi connectivity index (χ4n) is 1.16. The predicted molar refractivity (Wildman–Crippen MR) is 57.7 cm³/mol. The second kappa shape index (κ2) is 6.03. The number of hydrogen-bond acceptors (Lipinski definition) is 4. The molecule has 4 nitrogen and oxygen atoms in total. The fraction of sp³-hybridized carbons (Fsp3) is 0.364. The standard InChI is InChI=1S/C11H15NO3/c1-14-10(11(13)15-2)8-12-9-6-4-3-5-7-9/h3-7,10,12H,8H2,1-2H3. The highest BCUT2D eigenvalue weighted by molar-refractivity contribution is 5.75. The molecule has 0 aliphatic heterocycles. The third-order valence-electron chi connectivity index (χ3n) is 2.01. The average Bonchev–Trinajstić information content (AvgIpc) is 2.31. The molecule has 0 fully saturated rings. The summed E-state index contributed by atoms with van der Waals surface area (Å²) in [7, 11) is 2.82. The Balaban J connectivity index is 2.44. The van der Waals surface area contributed by atoms with Crippen LogP contribution in [-0.4, -0.2) is 32.8 Å². The highest BCUT2D eigenvalue weighted by Gasteiger charge is 2.17. The molecule has 1 unspecified atom stereocenters. The van der Waals surface area contributed by atoms with Gasteiger partial charge in [0.25, 0.3) is 0 Å². The van der Waals surface area contributed by atoms with Gasteiger partial charge in [0.15, 0.2) is 6.10 Å². The molecular formula is C11H15NO3. The molecule has 0 bridgehead atoms. The molecule has 0 amide bonds. The summed E-state index contributed by atoms with van der Waals surface area (Å²) < 4.78 is 9.58. The molecule has 1 aromatic rings. The number of carbonyl (C=O) groups is 1. The Hall–Kier alpha value is -1.55. The molecule has 0 spiro atoms. The van der Waals surface area contributed by atoms with E-state index < -0.39 is 6.10 Å². The first-order valence-electron chi connectivity index (χ1n) is 4.67. The lowest BCUT2D eigenvalue weighted by atomic mass is 10.3. The van der Waals surface area contributed by atoms with Gasteiger partial charge in [0, 0.05) is 12.8 Å². The Morgan fingerprint density at radius 2 is 2.00 bits per heavy atom. The normalized spacial score (nSPS) is 11.9. The van der Waals surface area contributed by atoms with Crippen LogP contribution >= 0.6 is 0 Å². The lowest BCUT2D eigenvalue weighted by Crippen LogP contribution is -2.31. The summed E-state index contributed by atoms with van der Waals surface area (Å²) in [5.74, 6) is -0.374. The zero-order valence-electron chi connectivity index (χ0n) is 8.90. The number of rotatable bonds is 5. The van der Waals surface area contributed by atoms with Gasteiger partial charge >= 0.3 is 5.97 Å². The van der Waals surface area contributed by atoms with Gasteiger partial charge in [0.2, 0.25) is 0 Å². The van der Waals surface area contributed by atoms with E-state index in [1.807, 2.05) is 30.3 Å². The zero-order chi connectivity index (χ0) is 11.1. The first-order chi connectivity index (χ1) is 7.27. The number of para-hydroxylation sites is 1. The zero-order valence-corrected chi connectivity index (χ0v) is 8.90. The summed E-state index contributed by atoms with van der Waals surface area (Å²) in [6, 6.07) is 9.61. The van der Waals surface area contributed by atoms with E-state index >= 15 is 0 Å². The minimum Gasteiger partial charge on any atom is -0.467 e. The number of anilines is 1. The largest absolute Gasteiger partial charge is 0.467 e. The monoisotopic (exact) mass is 209 g/mol. The summed E-state index contributed by atoms with van der Waals surface area (Å²) in [6.45, 7) is 0.396. The van der Waals surface area contributed by atoms with Crippen molar-refractivity contribution in [1.82, 2.24) is 0 Å². The Bertz CT molecular complexity index is 300. The third kappa shape index (κ3) is 3.59. The molecule has 0 aliphatic rings. The number of esters is 1. The van der Waals surface area contributed by atoms with Crippen molar-refractivity contribution in [3.63, 3.8) is 0 Å². The van der Waals surface area contributed by atoms with Crippen LogP contribution in [0, 0.1) is 0 Å². The van der Waals surface area contributed by atoms with E-state index in [4.69, 9.17) is 4.74 Å². The molecule has 0 radical (unpaired) electrons. The van der Waals surface area contributed by atoms with E-state index in [2.05, 4.69) is 10.1 Å². The van der Waals surface area contributed by atoms with Crippen molar-refractivity contribution in [2.45, 2.75) is 6.10 Å². The van der Waals surface area contributed by atoms with E-state index in [1.165, 1.54) is 14.2 Å². The van der Waals surface area contributed by atoms with Crippen molar-refractivity contribution < 1.29 is 14.3 Å². The van der Waals surface area contributed by atoms with Gasteiger partial charge in [-0.3, -0.25) is 0 Å². The minimum absolute atomic E-state index is 0.374. The van der Waals surface area contributed by atoms with Crippen molar-refractivity contribution in [3.8, 4) is 0 Å². The number of carbonyl (C=O) groups excluding carboxylic acids is 1. The molecule has 0 saturated carbocycles. The van der Waals surface area contributed by atoms with Crippen LogP contribution < -0.4 is 5.32 Å². The van der Waals surface area contributed by atoms with Crippen molar-refractivity contribution in [2.75, 3.05) is 26.1 Å². The molecule has 1 N–H and O–H groups in total. The third-order valence-corrected chi connectivity index (χ3v) is 2.01. The maximum atomic E-state index is 11.2. The lowest BCUT2D eigenvalue weighted by Gasteiger charge is -2.14. The van der Waals surface area contributed by atoms with Crippen LogP contribution in [0.4, 0.5) is 5.69 Å². The predicted octanol–water partition coefficient (Wildman–Crippen LogP) is 1.29. The Morgan fingerprint density at radius 3 is 2.53 bits per heavy atom. The fourth-order valence-corrected chi connectivity index (χ4v) is 1.16. The van der Waals surface area contributed by atoms with Crippen molar-refractivity contribution in [2.24, 2.45) is 0 Å². The second-order valence-corrected chi connectivity index (χ2v) is 2.99. The van der Waals surface area contributed by atoms with Crippen molar-refractivity contribution >= 4 is 11.7 Å². The molecule has 0 saturated heterocycles. The SMILES string of the molecule is COC(=O)C(CNc1ccccc1)OC. The summed E-state index contributed by atoms with van der Waals surface area (Å²) in [4.78, 5) is 11.2. The molecule has 0 heterocycles. The van der Waals surface area contributed by atoms with Crippen molar-refractivity contribution in [3.05, 3.63) is 30.3 Å². The van der Waals surface area contributed by atoms with Crippen LogP contribution in [-0.2, 0) is 14.3 Å². The molecule has 1 atom stereocenters. The summed E-state index contributed by atoms with van der Waals surface area (Å²) in [5.41, 5.74) is 0.948. The number of ether oxygens (including phenoxy) is 2. The molecule has 1 rings (SSSR count). The Morgan fingerprint density at radius 1 is 1.33 bits per heavy atom. The maximum Gasteiger partial charge on any atom is 0.336 e. The minimum atomic E-state index is -0.574. The molecular weight excluding hydrogens is 194 g/mol. The van der Waals surface area contributed by atoms with Crippen LogP contribution in [0.25, 0.3) is 0 Å². The van der Waals surface area contributed by atoms with Gasteiger partial charge in [-0.05, 0) is 12.1 Å². The highest BCUT2D eigenvalue weighted by atomic mass is 16.6. The van der Waals surface area contributed by atoms with Gasteiger partial charge < -0.3 is 14.8 Å². The van der Waals surface area contributed by atoms with E-state index in [1.54, 1.807) is 0 Å². The molecule has 0 aliphatic carbocycles. The van der Waals surface area contributed by atoms with Gasteiger partial charge in [-0.2, -0.15) is 0 Å². The topological polar surface area (TPSA) is 47.6 Å². The first-order valence-corrected chi connectivity index (χ1v) is 4.67. The second-order valence-electron chi connectivity index (χ2n) is 2.99. The molecule has 0 aromatic heterocycles. The molecule has 4 heteroatoms. The molecule has 15 heavy (non-hydrogen) atoms. The van der Waals surface area contributed by atoms with Gasteiger partial charge in [-0.25, -0.2) is 4.79 Å². The van der Waals surface area contributed by atoms with Crippen LogP contribution in [0.1, 0.15) is 0 Å². The van der Waals surface area contributed by atoms with E-state index in [9.17, 15) is 4.79 Å². The van der Waals surface area contributed by atoms with Crippen LogP contribution in [0.15, 0.2) is 30.3 Å². The number of benzene rings is 1. The van der Waals surface area contributed by atoms with Crippen LogP contribution in [0.2, 0.25) is 0 Å². The number of hydrogen-bond donors (Lipinski definition) is 1. The highest BCUT2D eigenvalue weighted by Crippen LogP contribution is 2.05. The molecule has 1 aromatic carbocycles. The van der Waals surface area contributed by atoms with Crippen molar-refractivity contribution in [1.29, 1.82) is 0 Å². The van der Waals surface area contributed by atoms with Crippen LogP contribution in [0.3, 0.4) is 0 Å². The Labute approximate surface area is 89.2 Å². The smallest absolute Gasteiger partial charge is 0.336 e. The quantitative estimate of drug-likeness (QED) is 0.742. The number of methoxy groups -OCH3 is 2. The summed E-state index contributed by atoms with van der Waals surface area (Å²) in [6.07, 6.45) is -0.574. The Kier molecular flexibility index (Phi) is 4.63. The van der Waals surface area contributed by atoms with E-state index in [0.29, 0.717) is 6.54 Å². The van der Waals surface area contributed by atoms with E-state index in [-0.39, 0.29) is 5.97 Å². The van der Waals surface area contributed by atoms with Gasteiger partial charge in [-0.15, -0.1) is 0 Å². The molecule has 82 valence electrons. The average molecular weight is 209 g/mol. The first kappa shape index (κ1) is 11.5. The van der Waals surface area contributed by atoms with Crippen LogP contribution in [0.5, 0.6) is 0 Å². The summed E-state index contributed by atoms with van der Waals surface area (Å²) >= 11 is 0. The van der Waals surface area contributed by atoms with E-state index in [0.717, 1.165) is 5.69 Å². The van der Waals surface area contributed by atoms with Gasteiger partial charge in [0.05, 0.1) is 13.7 Å². The lowest BCUT2D eigenvalue weighted by molar-refractivity contribution is -0.151. The maximum absolute atomic E-state index is 11.2. The number of nitrogens with one attached hydrogen (secondary N) is 1.